The van der Waals surface area contributed by atoms with Crippen molar-refractivity contribution in [1.29, 1.82) is 0 Å². The van der Waals surface area contributed by atoms with Crippen LogP contribution in [0, 0.1) is 12.7 Å². The quantitative estimate of drug-likeness (QED) is 0.600. The van der Waals surface area contributed by atoms with Gasteiger partial charge in [0.15, 0.2) is 5.11 Å². The highest BCUT2D eigenvalue weighted by molar-refractivity contribution is 9.10. The molecule has 22 heavy (non-hydrogen) atoms. The fraction of sp³-hybridized carbons (Fsp3) is 0.250. The number of thiocarbonyl (C=S) groups is 1. The largest absolute Gasteiger partial charge is 0.362 e. The lowest BCUT2D eigenvalue weighted by Gasteiger charge is -2.10. The first-order chi connectivity index (χ1) is 10.5. The van der Waals surface area contributed by atoms with Crippen LogP contribution in [0.15, 0.2) is 40.9 Å². The van der Waals surface area contributed by atoms with Crippen molar-refractivity contribution in [3.8, 4) is 0 Å². The molecule has 0 radical (unpaired) electrons. The smallest absolute Gasteiger partial charge is 0.171 e. The molecule has 0 spiro atoms. The minimum atomic E-state index is -0.204. The molecule has 0 atom stereocenters. The van der Waals surface area contributed by atoms with E-state index in [-0.39, 0.29) is 5.82 Å². The second-order valence-corrected chi connectivity index (χ2v) is 6.14. The maximum absolute atomic E-state index is 12.8. The number of halogens is 2. The zero-order chi connectivity index (χ0) is 15.9. The number of nitrogens with zero attached hydrogens (tertiary/aromatic N) is 1. The van der Waals surface area contributed by atoms with E-state index in [0.717, 1.165) is 40.9 Å². The summed E-state index contributed by atoms with van der Waals surface area (Å²) in [6, 6.07) is 10.4. The molecule has 1 aromatic carbocycles. The van der Waals surface area contributed by atoms with Crippen LogP contribution in [0.1, 0.15) is 17.7 Å². The van der Waals surface area contributed by atoms with Crippen molar-refractivity contribution in [2.24, 2.45) is 0 Å². The third-order valence-electron chi connectivity index (χ3n) is 3.10. The number of pyridine rings is 1. The Balaban J connectivity index is 1.71. The monoisotopic (exact) mass is 381 g/mol. The van der Waals surface area contributed by atoms with Crippen LogP contribution in [0.5, 0.6) is 0 Å². The molecule has 2 rings (SSSR count). The average Bonchev–Trinajstić information content (AvgIpc) is 2.49. The van der Waals surface area contributed by atoms with Gasteiger partial charge >= 0.3 is 0 Å². The normalized spacial score (nSPS) is 10.3. The number of benzene rings is 1. The lowest BCUT2D eigenvalue weighted by Crippen LogP contribution is -2.29. The second kappa shape index (κ2) is 8.19. The van der Waals surface area contributed by atoms with Crippen LogP contribution in [-0.2, 0) is 6.42 Å². The van der Waals surface area contributed by atoms with E-state index in [0.29, 0.717) is 5.11 Å². The summed E-state index contributed by atoms with van der Waals surface area (Å²) < 4.78 is 13.8. The zero-order valence-corrected chi connectivity index (χ0v) is 14.6. The molecule has 0 bridgehead atoms. The van der Waals surface area contributed by atoms with Crippen molar-refractivity contribution < 1.29 is 4.39 Å². The van der Waals surface area contributed by atoms with E-state index in [4.69, 9.17) is 12.2 Å². The molecule has 116 valence electrons. The van der Waals surface area contributed by atoms with E-state index in [1.807, 2.05) is 19.1 Å². The van der Waals surface area contributed by atoms with Crippen LogP contribution in [0.25, 0.3) is 0 Å². The van der Waals surface area contributed by atoms with Gasteiger partial charge in [-0.1, -0.05) is 12.1 Å². The Morgan fingerprint density at radius 3 is 2.64 bits per heavy atom. The van der Waals surface area contributed by atoms with Gasteiger partial charge in [0.05, 0.1) is 5.69 Å². The van der Waals surface area contributed by atoms with E-state index in [2.05, 4.69) is 31.5 Å². The third-order valence-corrected chi connectivity index (χ3v) is 4.19. The Kier molecular flexibility index (Phi) is 6.27. The average molecular weight is 382 g/mol. The van der Waals surface area contributed by atoms with Gasteiger partial charge in [-0.05, 0) is 77.7 Å². The fourth-order valence-electron chi connectivity index (χ4n) is 1.92. The number of hydrogen-bond donors (Lipinski definition) is 2. The molecule has 1 aromatic heterocycles. The first-order valence-electron chi connectivity index (χ1n) is 6.97. The van der Waals surface area contributed by atoms with Gasteiger partial charge in [0.25, 0.3) is 0 Å². The summed E-state index contributed by atoms with van der Waals surface area (Å²) in [4.78, 5) is 4.38. The van der Waals surface area contributed by atoms with E-state index in [1.54, 1.807) is 12.1 Å². The van der Waals surface area contributed by atoms with Gasteiger partial charge in [-0.15, -0.1) is 0 Å². The maximum atomic E-state index is 12.8. The fourth-order valence-corrected chi connectivity index (χ4v) is 2.35. The number of rotatable bonds is 5. The molecular weight excluding hydrogens is 365 g/mol. The molecule has 0 saturated heterocycles. The number of aryl methyl sites for hydroxylation is 2. The molecule has 0 saturated carbocycles. The molecule has 0 fully saturated rings. The molecule has 3 nitrogen and oxygen atoms in total. The summed E-state index contributed by atoms with van der Waals surface area (Å²) in [6.07, 6.45) is 1.80. The van der Waals surface area contributed by atoms with Gasteiger partial charge in [-0.25, -0.2) is 9.37 Å². The molecule has 2 N–H and O–H groups in total. The van der Waals surface area contributed by atoms with Crippen molar-refractivity contribution in [2.75, 3.05) is 11.9 Å². The van der Waals surface area contributed by atoms with E-state index < -0.39 is 0 Å². The molecule has 2 aromatic rings. The van der Waals surface area contributed by atoms with Gasteiger partial charge in [0, 0.05) is 11.0 Å². The lowest BCUT2D eigenvalue weighted by atomic mass is 10.1. The standard InChI is InChI=1S/C16H17BrFN3S/c1-11-14(17)8-9-15(20-11)21-16(22)19-10-2-3-12-4-6-13(18)7-5-12/h4-9H,2-3,10H2,1H3,(H2,19,20,21,22). The highest BCUT2D eigenvalue weighted by atomic mass is 79.9. The minimum absolute atomic E-state index is 0.204. The predicted octanol–water partition coefficient (Wildman–Crippen LogP) is 4.21. The molecule has 0 amide bonds. The van der Waals surface area contributed by atoms with Crippen molar-refractivity contribution in [1.82, 2.24) is 10.3 Å². The Labute approximate surface area is 143 Å². The molecule has 0 aliphatic heterocycles. The van der Waals surface area contributed by atoms with E-state index in [1.165, 1.54) is 12.1 Å². The Morgan fingerprint density at radius 1 is 1.23 bits per heavy atom. The topological polar surface area (TPSA) is 37.0 Å². The van der Waals surface area contributed by atoms with E-state index in [9.17, 15) is 4.39 Å². The number of hydrogen-bond acceptors (Lipinski definition) is 2. The van der Waals surface area contributed by atoms with Gasteiger partial charge in [0.1, 0.15) is 11.6 Å². The first kappa shape index (κ1) is 16.8. The molecule has 0 unspecified atom stereocenters. The Bertz CT molecular complexity index is 646. The first-order valence-corrected chi connectivity index (χ1v) is 8.17. The van der Waals surface area contributed by atoms with Gasteiger partial charge < -0.3 is 10.6 Å². The summed E-state index contributed by atoms with van der Waals surface area (Å²) in [7, 11) is 0. The highest BCUT2D eigenvalue weighted by Crippen LogP contribution is 2.16. The number of nitrogens with one attached hydrogen (secondary N) is 2. The molecule has 0 aliphatic rings. The second-order valence-electron chi connectivity index (χ2n) is 4.87. The van der Waals surface area contributed by atoms with Crippen molar-refractivity contribution >= 4 is 39.1 Å². The highest BCUT2D eigenvalue weighted by Gasteiger charge is 2.01. The van der Waals surface area contributed by atoms with Crippen molar-refractivity contribution in [2.45, 2.75) is 19.8 Å². The van der Waals surface area contributed by atoms with Crippen LogP contribution in [0.2, 0.25) is 0 Å². The summed E-state index contributed by atoms with van der Waals surface area (Å²) >= 11 is 8.65. The van der Waals surface area contributed by atoms with Crippen molar-refractivity contribution in [3.63, 3.8) is 0 Å². The maximum Gasteiger partial charge on any atom is 0.171 e. The van der Waals surface area contributed by atoms with Gasteiger partial charge in [-0.2, -0.15) is 0 Å². The Morgan fingerprint density at radius 2 is 1.95 bits per heavy atom. The molecule has 1 heterocycles. The third kappa shape index (κ3) is 5.35. The molecular formula is C16H17BrFN3S. The van der Waals surface area contributed by atoms with Crippen molar-refractivity contribution in [3.05, 3.63) is 57.9 Å². The Hall–Kier alpha value is -1.53. The van der Waals surface area contributed by atoms with Gasteiger partial charge in [-0.3, -0.25) is 0 Å². The summed E-state index contributed by atoms with van der Waals surface area (Å²) in [6.45, 7) is 2.67. The number of aromatic nitrogens is 1. The summed E-state index contributed by atoms with van der Waals surface area (Å²) in [5.41, 5.74) is 2.02. The van der Waals surface area contributed by atoms with Gasteiger partial charge in [0.2, 0.25) is 0 Å². The SMILES string of the molecule is Cc1nc(NC(=S)NCCCc2ccc(F)cc2)ccc1Br. The zero-order valence-electron chi connectivity index (χ0n) is 12.2. The molecule has 0 aliphatic carbocycles. The van der Waals surface area contributed by atoms with Crippen LogP contribution >= 0.6 is 28.1 Å². The minimum Gasteiger partial charge on any atom is -0.362 e. The summed E-state index contributed by atoms with van der Waals surface area (Å²) in [5, 5.41) is 6.75. The van der Waals surface area contributed by atoms with Crippen LogP contribution in [0.4, 0.5) is 10.2 Å². The van der Waals surface area contributed by atoms with E-state index >= 15 is 0 Å². The predicted molar refractivity (Wildman–Crippen MR) is 95.6 cm³/mol. The molecule has 6 heteroatoms. The lowest BCUT2D eigenvalue weighted by molar-refractivity contribution is 0.626. The summed E-state index contributed by atoms with van der Waals surface area (Å²) in [5.74, 6) is 0.515. The van der Waals surface area contributed by atoms with Crippen LogP contribution in [0.3, 0.4) is 0 Å². The number of anilines is 1. The van der Waals surface area contributed by atoms with Crippen LogP contribution < -0.4 is 10.6 Å². The van der Waals surface area contributed by atoms with Crippen LogP contribution in [-0.4, -0.2) is 16.6 Å².